The zero-order valence-corrected chi connectivity index (χ0v) is 8.16. The lowest BCUT2D eigenvalue weighted by atomic mass is 10.2. The number of carboxylic acid groups (broad SMARTS) is 1. The molecule has 78 valence electrons. The Balaban J connectivity index is 2.71. The van der Waals surface area contributed by atoms with Crippen LogP contribution in [0.15, 0.2) is 0 Å². The quantitative estimate of drug-likeness (QED) is 0.531. The number of carbonyl (C=O) groups excluding carboxylic acids is 2. The summed E-state index contributed by atoms with van der Waals surface area (Å²) in [5, 5.41) is 9.58. The molecule has 1 aliphatic heterocycles. The standard InChI is InChI=1S/C7H10N2O4S/c10-5-3-4(7(12)13)9(8-5)6(11)1-2-14/h4,14H,1-3H2,(H,8,10)(H,12,13). The Labute approximate surface area is 85.6 Å². The Morgan fingerprint density at radius 1 is 1.64 bits per heavy atom. The van der Waals surface area contributed by atoms with Gasteiger partial charge in [-0.15, -0.1) is 0 Å². The molecule has 0 aromatic carbocycles. The third kappa shape index (κ3) is 2.16. The van der Waals surface area contributed by atoms with Gasteiger partial charge in [0.1, 0.15) is 0 Å². The third-order valence-corrected chi connectivity index (χ3v) is 2.04. The lowest BCUT2D eigenvalue weighted by Crippen LogP contribution is -2.46. The van der Waals surface area contributed by atoms with Crippen molar-refractivity contribution in [3.8, 4) is 0 Å². The summed E-state index contributed by atoms with van der Waals surface area (Å²) in [5.41, 5.74) is 2.20. The van der Waals surface area contributed by atoms with Gasteiger partial charge in [0.15, 0.2) is 6.04 Å². The summed E-state index contributed by atoms with van der Waals surface area (Å²) in [6, 6.07) is -1.09. The van der Waals surface area contributed by atoms with Crippen molar-refractivity contribution >= 4 is 30.4 Å². The maximum Gasteiger partial charge on any atom is 0.329 e. The molecule has 7 heteroatoms. The monoisotopic (exact) mass is 218 g/mol. The fourth-order valence-corrected chi connectivity index (χ4v) is 1.37. The molecule has 0 aromatic rings. The molecule has 2 N–H and O–H groups in total. The molecule has 1 heterocycles. The summed E-state index contributed by atoms with van der Waals surface area (Å²) in [6.07, 6.45) is -0.0825. The maximum absolute atomic E-state index is 11.3. The minimum atomic E-state index is -1.18. The van der Waals surface area contributed by atoms with Gasteiger partial charge in [-0.2, -0.15) is 12.6 Å². The van der Waals surface area contributed by atoms with Crippen LogP contribution in [-0.2, 0) is 14.4 Å². The van der Waals surface area contributed by atoms with Gasteiger partial charge in [0, 0.05) is 6.42 Å². The van der Waals surface area contributed by atoms with Crippen molar-refractivity contribution in [2.24, 2.45) is 0 Å². The van der Waals surface area contributed by atoms with E-state index < -0.39 is 23.8 Å². The lowest BCUT2D eigenvalue weighted by molar-refractivity contribution is -0.150. The zero-order valence-electron chi connectivity index (χ0n) is 7.27. The molecule has 1 atom stereocenters. The van der Waals surface area contributed by atoms with Gasteiger partial charge in [0.2, 0.25) is 11.8 Å². The number of carbonyl (C=O) groups is 3. The molecular weight excluding hydrogens is 208 g/mol. The number of thiol groups is 1. The van der Waals surface area contributed by atoms with E-state index in [9.17, 15) is 14.4 Å². The molecule has 0 aromatic heterocycles. The largest absolute Gasteiger partial charge is 0.480 e. The van der Waals surface area contributed by atoms with Crippen LogP contribution in [0.2, 0.25) is 0 Å². The van der Waals surface area contributed by atoms with Gasteiger partial charge in [-0.25, -0.2) is 9.80 Å². The number of hydrogen-bond donors (Lipinski definition) is 3. The highest BCUT2D eigenvalue weighted by molar-refractivity contribution is 7.80. The number of nitrogens with zero attached hydrogens (tertiary/aromatic N) is 1. The van der Waals surface area contributed by atoms with Crippen molar-refractivity contribution in [2.45, 2.75) is 18.9 Å². The average Bonchev–Trinajstić information content (AvgIpc) is 2.48. The van der Waals surface area contributed by atoms with Gasteiger partial charge in [-0.05, 0) is 5.75 Å². The van der Waals surface area contributed by atoms with E-state index in [1.54, 1.807) is 0 Å². The Morgan fingerprint density at radius 3 is 2.79 bits per heavy atom. The van der Waals surface area contributed by atoms with Gasteiger partial charge in [-0.3, -0.25) is 15.0 Å². The third-order valence-electron chi connectivity index (χ3n) is 1.81. The highest BCUT2D eigenvalue weighted by Crippen LogP contribution is 2.11. The normalized spacial score (nSPS) is 20.8. The number of hydrogen-bond acceptors (Lipinski definition) is 4. The molecule has 0 radical (unpaired) electrons. The SMILES string of the molecule is O=C1CC(C(=O)O)N(C(=O)CCS)N1. The maximum atomic E-state index is 11.3. The summed E-state index contributed by atoms with van der Waals surface area (Å²) in [7, 11) is 0. The molecule has 1 fully saturated rings. The van der Waals surface area contributed by atoms with Gasteiger partial charge in [0.25, 0.3) is 0 Å². The van der Waals surface area contributed by atoms with Gasteiger partial charge < -0.3 is 5.11 Å². The summed E-state index contributed by atoms with van der Waals surface area (Å²) >= 11 is 3.85. The van der Waals surface area contributed by atoms with E-state index in [-0.39, 0.29) is 12.8 Å². The van der Waals surface area contributed by atoms with Gasteiger partial charge >= 0.3 is 5.97 Å². The molecule has 14 heavy (non-hydrogen) atoms. The molecule has 1 unspecified atom stereocenters. The first-order valence-electron chi connectivity index (χ1n) is 4.01. The van der Waals surface area contributed by atoms with E-state index in [1.165, 1.54) is 0 Å². The minimum absolute atomic E-state index is 0.104. The van der Waals surface area contributed by atoms with Crippen molar-refractivity contribution in [1.82, 2.24) is 10.4 Å². The Hall–Kier alpha value is -1.24. The molecule has 0 aliphatic carbocycles. The van der Waals surface area contributed by atoms with E-state index in [4.69, 9.17) is 5.11 Å². The second-order valence-electron chi connectivity index (χ2n) is 2.83. The Kier molecular flexibility index (Phi) is 3.34. The molecular formula is C7H10N2O4S. The zero-order chi connectivity index (χ0) is 10.7. The van der Waals surface area contributed by atoms with Crippen molar-refractivity contribution in [2.75, 3.05) is 5.75 Å². The van der Waals surface area contributed by atoms with Crippen LogP contribution in [-0.4, -0.2) is 39.7 Å². The topological polar surface area (TPSA) is 86.7 Å². The first kappa shape index (κ1) is 10.8. The lowest BCUT2D eigenvalue weighted by Gasteiger charge is -2.19. The Bertz CT molecular complexity index is 281. The number of carboxylic acids is 1. The van der Waals surface area contributed by atoms with E-state index in [2.05, 4.69) is 18.1 Å². The van der Waals surface area contributed by atoms with Crippen molar-refractivity contribution in [3.63, 3.8) is 0 Å². The van der Waals surface area contributed by atoms with Crippen LogP contribution in [0, 0.1) is 0 Å². The van der Waals surface area contributed by atoms with E-state index in [0.29, 0.717) is 5.75 Å². The first-order chi connectivity index (χ1) is 6.56. The van der Waals surface area contributed by atoms with Gasteiger partial charge in [0.05, 0.1) is 6.42 Å². The summed E-state index contributed by atoms with van der Waals surface area (Å²) in [6.45, 7) is 0. The summed E-state index contributed by atoms with van der Waals surface area (Å²) in [4.78, 5) is 32.9. The van der Waals surface area contributed by atoms with Crippen LogP contribution >= 0.6 is 12.6 Å². The van der Waals surface area contributed by atoms with E-state index in [1.807, 2.05) is 0 Å². The molecule has 2 amide bonds. The highest BCUT2D eigenvalue weighted by atomic mass is 32.1. The van der Waals surface area contributed by atoms with Crippen LogP contribution in [0.1, 0.15) is 12.8 Å². The average molecular weight is 218 g/mol. The number of amides is 2. The predicted molar refractivity (Wildman–Crippen MR) is 49.5 cm³/mol. The first-order valence-corrected chi connectivity index (χ1v) is 4.64. The minimum Gasteiger partial charge on any atom is -0.480 e. The molecule has 1 rings (SSSR count). The number of nitrogens with one attached hydrogen (secondary N) is 1. The van der Waals surface area contributed by atoms with Crippen LogP contribution in [0.5, 0.6) is 0 Å². The smallest absolute Gasteiger partial charge is 0.329 e. The molecule has 0 spiro atoms. The van der Waals surface area contributed by atoms with Crippen LogP contribution < -0.4 is 5.43 Å². The van der Waals surface area contributed by atoms with Crippen LogP contribution in [0.25, 0.3) is 0 Å². The predicted octanol–water partition coefficient (Wildman–Crippen LogP) is -0.977. The van der Waals surface area contributed by atoms with Crippen molar-refractivity contribution in [1.29, 1.82) is 0 Å². The number of hydrazine groups is 1. The Morgan fingerprint density at radius 2 is 2.29 bits per heavy atom. The highest BCUT2D eigenvalue weighted by Gasteiger charge is 2.38. The molecule has 1 aliphatic rings. The van der Waals surface area contributed by atoms with E-state index in [0.717, 1.165) is 5.01 Å². The van der Waals surface area contributed by atoms with Crippen molar-refractivity contribution in [3.05, 3.63) is 0 Å². The van der Waals surface area contributed by atoms with Gasteiger partial charge in [-0.1, -0.05) is 0 Å². The number of aliphatic carboxylic acids is 1. The fourth-order valence-electron chi connectivity index (χ4n) is 1.17. The fraction of sp³-hybridized carbons (Fsp3) is 0.571. The second kappa shape index (κ2) is 4.32. The molecule has 6 nitrogen and oxygen atoms in total. The summed E-state index contributed by atoms with van der Waals surface area (Å²) in [5.74, 6) is -1.75. The second-order valence-corrected chi connectivity index (χ2v) is 3.28. The number of rotatable bonds is 3. The van der Waals surface area contributed by atoms with Crippen LogP contribution in [0.3, 0.4) is 0 Å². The molecule has 0 bridgehead atoms. The van der Waals surface area contributed by atoms with Crippen LogP contribution in [0.4, 0.5) is 0 Å². The van der Waals surface area contributed by atoms with E-state index >= 15 is 0 Å². The molecule has 1 saturated heterocycles. The van der Waals surface area contributed by atoms with Crippen molar-refractivity contribution < 1.29 is 19.5 Å². The molecule has 0 saturated carbocycles. The summed E-state index contributed by atoms with van der Waals surface area (Å²) < 4.78 is 0.